The molecule has 1 aliphatic rings. The van der Waals surface area contributed by atoms with Crippen LogP contribution in [0.1, 0.15) is 27.8 Å². The first kappa shape index (κ1) is 19.6. The second-order valence-corrected chi connectivity index (χ2v) is 7.69. The van der Waals surface area contributed by atoms with Crippen molar-refractivity contribution in [3.05, 3.63) is 106 Å². The number of nitrogens with one attached hydrogen (secondary N) is 1. The fraction of sp³-hybridized carbons (Fsp3) is 0.154. The molecule has 4 heteroatoms. The van der Waals surface area contributed by atoms with Crippen LogP contribution < -0.4 is 5.32 Å². The van der Waals surface area contributed by atoms with Gasteiger partial charge < -0.3 is 5.32 Å². The third kappa shape index (κ3) is 3.64. The number of nitrogens with zero attached hydrogens (tertiary/aromatic N) is 1. The Morgan fingerprint density at radius 3 is 2.17 bits per heavy atom. The average Bonchev–Trinajstić information content (AvgIpc) is 2.95. The molecule has 0 bridgehead atoms. The van der Waals surface area contributed by atoms with Crippen LogP contribution in [0.25, 0.3) is 5.57 Å². The van der Waals surface area contributed by atoms with Gasteiger partial charge in [0.1, 0.15) is 5.70 Å². The lowest BCUT2D eigenvalue weighted by Crippen LogP contribution is -2.32. The van der Waals surface area contributed by atoms with E-state index in [0.717, 1.165) is 33.5 Å². The number of hydrogen-bond donors (Lipinski definition) is 1. The minimum Gasteiger partial charge on any atom is -0.350 e. The van der Waals surface area contributed by atoms with Crippen molar-refractivity contribution >= 4 is 23.1 Å². The number of amides is 2. The van der Waals surface area contributed by atoms with Gasteiger partial charge in [-0.3, -0.25) is 14.5 Å². The monoisotopic (exact) mass is 396 g/mol. The predicted molar refractivity (Wildman–Crippen MR) is 120 cm³/mol. The van der Waals surface area contributed by atoms with Gasteiger partial charge in [-0.1, -0.05) is 72.3 Å². The summed E-state index contributed by atoms with van der Waals surface area (Å²) in [5.74, 6) is -0.575. The highest BCUT2D eigenvalue weighted by Gasteiger charge is 2.39. The molecule has 0 aromatic heterocycles. The molecule has 0 atom stereocenters. The Morgan fingerprint density at radius 2 is 1.47 bits per heavy atom. The zero-order valence-corrected chi connectivity index (χ0v) is 17.4. The molecule has 150 valence electrons. The molecular weight excluding hydrogens is 372 g/mol. The minimum absolute atomic E-state index is 0.242. The van der Waals surface area contributed by atoms with Crippen LogP contribution in [0.15, 0.2) is 78.5 Å². The molecule has 0 fully saturated rings. The zero-order chi connectivity index (χ0) is 21.3. The van der Waals surface area contributed by atoms with Crippen molar-refractivity contribution in [2.24, 2.45) is 0 Å². The number of anilines is 1. The van der Waals surface area contributed by atoms with Crippen molar-refractivity contribution in [3.63, 3.8) is 0 Å². The molecule has 2 amide bonds. The van der Waals surface area contributed by atoms with E-state index >= 15 is 0 Å². The van der Waals surface area contributed by atoms with Crippen molar-refractivity contribution in [2.45, 2.75) is 27.3 Å². The van der Waals surface area contributed by atoms with E-state index in [-0.39, 0.29) is 18.4 Å². The van der Waals surface area contributed by atoms with Gasteiger partial charge in [-0.2, -0.15) is 0 Å². The SMILES string of the molecule is Cc1ccc(C2=C(Nc3ccccc3C)C(=O)N(Cc3ccccc3)C2=O)c(C)c1. The molecule has 4 nitrogen and oxygen atoms in total. The molecular formula is C26H24N2O2. The van der Waals surface area contributed by atoms with Gasteiger partial charge in [0, 0.05) is 5.69 Å². The van der Waals surface area contributed by atoms with Gasteiger partial charge in [-0.25, -0.2) is 0 Å². The van der Waals surface area contributed by atoms with Crippen LogP contribution in [0.5, 0.6) is 0 Å². The highest BCUT2D eigenvalue weighted by molar-refractivity contribution is 6.36. The molecule has 3 aromatic carbocycles. The quantitative estimate of drug-likeness (QED) is 0.617. The Hall–Kier alpha value is -3.66. The van der Waals surface area contributed by atoms with E-state index in [1.54, 1.807) is 0 Å². The van der Waals surface area contributed by atoms with E-state index in [2.05, 4.69) is 5.32 Å². The molecule has 0 spiro atoms. The first-order valence-corrected chi connectivity index (χ1v) is 10.0. The topological polar surface area (TPSA) is 49.4 Å². The first-order valence-electron chi connectivity index (χ1n) is 10.0. The van der Waals surface area contributed by atoms with Crippen molar-refractivity contribution in [2.75, 3.05) is 5.32 Å². The summed E-state index contributed by atoms with van der Waals surface area (Å²) in [5.41, 5.74) is 6.36. The van der Waals surface area contributed by atoms with Crippen LogP contribution in [0.2, 0.25) is 0 Å². The lowest BCUT2D eigenvalue weighted by Gasteiger charge is -2.16. The van der Waals surface area contributed by atoms with Gasteiger partial charge in [-0.15, -0.1) is 0 Å². The van der Waals surface area contributed by atoms with Crippen LogP contribution in [0, 0.1) is 20.8 Å². The molecule has 0 radical (unpaired) electrons. The number of aryl methyl sites for hydroxylation is 3. The summed E-state index contributed by atoms with van der Waals surface area (Å²) in [4.78, 5) is 28.2. The summed E-state index contributed by atoms with van der Waals surface area (Å²) in [7, 11) is 0. The van der Waals surface area contributed by atoms with Crippen LogP contribution >= 0.6 is 0 Å². The zero-order valence-electron chi connectivity index (χ0n) is 17.4. The number of benzene rings is 3. The number of carbonyl (C=O) groups is 2. The Morgan fingerprint density at radius 1 is 0.767 bits per heavy atom. The number of hydrogen-bond acceptors (Lipinski definition) is 3. The fourth-order valence-electron chi connectivity index (χ4n) is 3.79. The number of carbonyl (C=O) groups excluding carboxylic acids is 2. The Bertz CT molecular complexity index is 1160. The van der Waals surface area contributed by atoms with Crippen molar-refractivity contribution in [1.29, 1.82) is 0 Å². The Balaban J connectivity index is 1.80. The van der Waals surface area contributed by atoms with Crippen LogP contribution in [-0.2, 0) is 16.1 Å². The average molecular weight is 396 g/mol. The summed E-state index contributed by atoms with van der Waals surface area (Å²) in [5, 5.41) is 3.26. The Kier molecular flexibility index (Phi) is 5.23. The first-order chi connectivity index (χ1) is 14.5. The molecule has 1 heterocycles. The molecule has 0 saturated carbocycles. The summed E-state index contributed by atoms with van der Waals surface area (Å²) < 4.78 is 0. The van der Waals surface area contributed by atoms with E-state index in [4.69, 9.17) is 0 Å². The Labute approximate surface area is 176 Å². The van der Waals surface area contributed by atoms with E-state index in [1.165, 1.54) is 4.90 Å². The minimum atomic E-state index is -0.304. The van der Waals surface area contributed by atoms with E-state index in [9.17, 15) is 9.59 Å². The highest BCUT2D eigenvalue weighted by Crippen LogP contribution is 2.33. The molecule has 0 unspecified atom stereocenters. The predicted octanol–water partition coefficient (Wildman–Crippen LogP) is 5.00. The second kappa shape index (κ2) is 7.99. The van der Waals surface area contributed by atoms with Gasteiger partial charge >= 0.3 is 0 Å². The third-order valence-corrected chi connectivity index (χ3v) is 5.41. The number of para-hydroxylation sites is 1. The number of imide groups is 1. The maximum Gasteiger partial charge on any atom is 0.278 e. The lowest BCUT2D eigenvalue weighted by molar-refractivity contribution is -0.137. The van der Waals surface area contributed by atoms with E-state index < -0.39 is 0 Å². The standard InChI is InChI=1S/C26H24N2O2/c1-17-13-14-21(19(3)15-17)23-24(27-22-12-8-7-9-18(22)2)26(30)28(25(23)29)16-20-10-5-4-6-11-20/h4-15,27H,16H2,1-3H3. The molecule has 3 aromatic rings. The smallest absolute Gasteiger partial charge is 0.278 e. The maximum absolute atomic E-state index is 13.5. The van der Waals surface area contributed by atoms with Gasteiger partial charge in [0.05, 0.1) is 12.1 Å². The van der Waals surface area contributed by atoms with Crippen molar-refractivity contribution in [1.82, 2.24) is 4.90 Å². The summed E-state index contributed by atoms with van der Waals surface area (Å²) >= 11 is 0. The second-order valence-electron chi connectivity index (χ2n) is 7.69. The van der Waals surface area contributed by atoms with Gasteiger partial charge in [-0.05, 0) is 49.1 Å². The van der Waals surface area contributed by atoms with Gasteiger partial charge in [0.25, 0.3) is 11.8 Å². The summed E-state index contributed by atoms with van der Waals surface area (Å²) in [6, 6.07) is 23.3. The molecule has 0 aliphatic carbocycles. The van der Waals surface area contributed by atoms with Gasteiger partial charge in [0.2, 0.25) is 0 Å². The number of rotatable bonds is 5. The molecule has 0 saturated heterocycles. The maximum atomic E-state index is 13.5. The molecule has 30 heavy (non-hydrogen) atoms. The van der Waals surface area contributed by atoms with Crippen molar-refractivity contribution < 1.29 is 9.59 Å². The van der Waals surface area contributed by atoms with Gasteiger partial charge in [0.15, 0.2) is 0 Å². The van der Waals surface area contributed by atoms with Crippen LogP contribution in [0.3, 0.4) is 0 Å². The largest absolute Gasteiger partial charge is 0.350 e. The van der Waals surface area contributed by atoms with Crippen molar-refractivity contribution in [3.8, 4) is 0 Å². The third-order valence-electron chi connectivity index (χ3n) is 5.41. The lowest BCUT2D eigenvalue weighted by atomic mass is 9.97. The van der Waals surface area contributed by atoms with Crippen LogP contribution in [-0.4, -0.2) is 16.7 Å². The van der Waals surface area contributed by atoms with E-state index in [0.29, 0.717) is 11.3 Å². The molecule has 4 rings (SSSR count). The summed E-state index contributed by atoms with van der Waals surface area (Å²) in [6.45, 7) is 6.20. The van der Waals surface area contributed by atoms with E-state index in [1.807, 2.05) is 93.6 Å². The molecule has 1 aliphatic heterocycles. The summed E-state index contributed by atoms with van der Waals surface area (Å²) in [6.07, 6.45) is 0. The van der Waals surface area contributed by atoms with Crippen LogP contribution in [0.4, 0.5) is 5.69 Å². The molecule has 1 N–H and O–H groups in total. The highest BCUT2D eigenvalue weighted by atomic mass is 16.2. The normalized spacial score (nSPS) is 13.9. The fourth-order valence-corrected chi connectivity index (χ4v) is 3.79.